The summed E-state index contributed by atoms with van der Waals surface area (Å²) in [6, 6.07) is 9.13. The first-order valence-electron chi connectivity index (χ1n) is 7.65. The maximum atomic E-state index is 12.7. The van der Waals surface area contributed by atoms with E-state index in [0.29, 0.717) is 0 Å². The van der Waals surface area contributed by atoms with Gasteiger partial charge in [-0.1, -0.05) is 44.2 Å². The van der Waals surface area contributed by atoms with Gasteiger partial charge in [0.1, 0.15) is 5.78 Å². The Hall–Kier alpha value is -2.17. The third-order valence-electron chi connectivity index (χ3n) is 5.18. The molecule has 3 atom stereocenters. The van der Waals surface area contributed by atoms with Crippen molar-refractivity contribution in [2.45, 2.75) is 26.2 Å². The molecule has 1 aromatic carbocycles. The third-order valence-corrected chi connectivity index (χ3v) is 5.18. The number of hydrogen-bond acceptors (Lipinski definition) is 5. The zero-order chi connectivity index (χ0) is 17.2. The first-order valence-corrected chi connectivity index (χ1v) is 7.65. The van der Waals surface area contributed by atoms with E-state index in [1.165, 1.54) is 14.2 Å². The Balaban J connectivity index is 2.69. The van der Waals surface area contributed by atoms with Crippen molar-refractivity contribution < 1.29 is 23.9 Å². The van der Waals surface area contributed by atoms with Crippen molar-refractivity contribution in [3.8, 4) is 0 Å². The summed E-state index contributed by atoms with van der Waals surface area (Å²) >= 11 is 0. The van der Waals surface area contributed by atoms with E-state index in [1.54, 1.807) is 13.8 Å². The smallest absolute Gasteiger partial charge is 0.324 e. The predicted octanol–water partition coefficient (Wildman–Crippen LogP) is 2.35. The summed E-state index contributed by atoms with van der Waals surface area (Å²) in [7, 11) is 2.51. The number of hydrogen-bond donors (Lipinski definition) is 0. The van der Waals surface area contributed by atoms with Crippen molar-refractivity contribution in [2.24, 2.45) is 17.3 Å². The van der Waals surface area contributed by atoms with Gasteiger partial charge in [-0.25, -0.2) is 0 Å². The second-order valence-electron chi connectivity index (χ2n) is 6.06. The van der Waals surface area contributed by atoms with Gasteiger partial charge in [0.25, 0.3) is 0 Å². The topological polar surface area (TPSA) is 69.7 Å². The quantitative estimate of drug-likeness (QED) is 0.632. The van der Waals surface area contributed by atoms with Crippen LogP contribution in [0.4, 0.5) is 0 Å². The van der Waals surface area contributed by atoms with E-state index >= 15 is 0 Å². The van der Waals surface area contributed by atoms with Gasteiger partial charge in [-0.15, -0.1) is 0 Å². The molecule has 1 aromatic rings. The molecule has 0 aromatic heterocycles. The molecule has 5 heteroatoms. The molecular formula is C18H22O5. The van der Waals surface area contributed by atoms with Gasteiger partial charge < -0.3 is 9.47 Å². The molecule has 0 spiro atoms. The Kier molecular flexibility index (Phi) is 4.88. The molecule has 1 fully saturated rings. The van der Waals surface area contributed by atoms with Crippen LogP contribution in [0.15, 0.2) is 30.3 Å². The fourth-order valence-corrected chi connectivity index (χ4v) is 3.68. The first kappa shape index (κ1) is 17.2. The van der Waals surface area contributed by atoms with Crippen LogP contribution in [0, 0.1) is 17.3 Å². The van der Waals surface area contributed by atoms with Crippen molar-refractivity contribution in [3.05, 3.63) is 35.9 Å². The average molecular weight is 318 g/mol. The Labute approximate surface area is 136 Å². The Bertz CT molecular complexity index is 591. The lowest BCUT2D eigenvalue weighted by Crippen LogP contribution is -2.56. The molecule has 1 aliphatic rings. The molecule has 0 heterocycles. The lowest BCUT2D eigenvalue weighted by Gasteiger charge is -2.46. The van der Waals surface area contributed by atoms with Gasteiger partial charge >= 0.3 is 11.9 Å². The molecule has 1 aliphatic carbocycles. The van der Waals surface area contributed by atoms with Crippen LogP contribution in [0.3, 0.4) is 0 Å². The third kappa shape index (κ3) is 2.54. The molecular weight excluding hydrogens is 296 g/mol. The van der Waals surface area contributed by atoms with Crippen LogP contribution in [0.2, 0.25) is 0 Å². The minimum atomic E-state index is -1.52. The van der Waals surface area contributed by atoms with E-state index in [0.717, 1.165) is 5.56 Å². The van der Waals surface area contributed by atoms with Crippen LogP contribution < -0.4 is 0 Å². The van der Waals surface area contributed by atoms with Crippen LogP contribution in [0.25, 0.3) is 0 Å². The Morgan fingerprint density at radius 2 is 1.57 bits per heavy atom. The summed E-state index contributed by atoms with van der Waals surface area (Å²) in [6.07, 6.45) is 0.111. The molecule has 0 radical (unpaired) electrons. The van der Waals surface area contributed by atoms with Gasteiger partial charge in [0.05, 0.1) is 14.2 Å². The van der Waals surface area contributed by atoms with E-state index < -0.39 is 35.1 Å². The number of esters is 2. The van der Waals surface area contributed by atoms with Crippen molar-refractivity contribution in [1.29, 1.82) is 0 Å². The molecule has 0 unspecified atom stereocenters. The lowest BCUT2D eigenvalue weighted by atomic mass is 9.55. The zero-order valence-electron chi connectivity index (χ0n) is 13.9. The number of Topliss-reactive ketones (excluding diaryl/α,β-unsaturated/α-hetero) is 1. The number of ketones is 1. The highest BCUT2D eigenvalue weighted by Gasteiger charge is 2.63. The minimum absolute atomic E-state index is 0.0368. The normalized spacial score (nSPS) is 26.4. The molecule has 1 saturated carbocycles. The van der Waals surface area contributed by atoms with Crippen molar-refractivity contribution in [1.82, 2.24) is 0 Å². The van der Waals surface area contributed by atoms with E-state index in [9.17, 15) is 14.4 Å². The van der Waals surface area contributed by atoms with Crippen LogP contribution >= 0.6 is 0 Å². The highest BCUT2D eigenvalue weighted by Crippen LogP contribution is 2.53. The molecule has 23 heavy (non-hydrogen) atoms. The van der Waals surface area contributed by atoms with Crippen LogP contribution in [0.5, 0.6) is 0 Å². The molecule has 5 nitrogen and oxygen atoms in total. The SMILES string of the molecule is COC(=O)C1(C(=O)OC)[C@H](C)[C@@H](C)C(=O)C[C@H]1c1ccccc1. The van der Waals surface area contributed by atoms with E-state index in [4.69, 9.17) is 9.47 Å². The fraction of sp³-hybridized carbons (Fsp3) is 0.500. The second-order valence-corrected chi connectivity index (χ2v) is 6.06. The summed E-state index contributed by atoms with van der Waals surface area (Å²) in [5.74, 6) is -2.80. The van der Waals surface area contributed by atoms with Gasteiger partial charge in [-0.05, 0) is 11.5 Å². The summed E-state index contributed by atoms with van der Waals surface area (Å²) in [5, 5.41) is 0. The van der Waals surface area contributed by atoms with Crippen molar-refractivity contribution in [2.75, 3.05) is 14.2 Å². The molecule has 0 aliphatic heterocycles. The number of benzene rings is 1. The number of ether oxygens (including phenoxy) is 2. The van der Waals surface area contributed by atoms with Crippen molar-refractivity contribution in [3.63, 3.8) is 0 Å². The Morgan fingerprint density at radius 3 is 2.04 bits per heavy atom. The molecule has 0 saturated heterocycles. The summed E-state index contributed by atoms with van der Waals surface area (Å²) < 4.78 is 9.94. The highest BCUT2D eigenvalue weighted by atomic mass is 16.5. The standard InChI is InChI=1S/C18H22O5/c1-11-12(2)18(16(20)22-3,17(21)23-4)14(10-15(11)19)13-8-6-5-7-9-13/h5-9,11-12,14H,10H2,1-4H3/t11-,12-,14+/m1/s1. The first-order chi connectivity index (χ1) is 10.9. The largest absolute Gasteiger partial charge is 0.468 e. The van der Waals surface area contributed by atoms with E-state index in [-0.39, 0.29) is 12.2 Å². The summed E-state index contributed by atoms with van der Waals surface area (Å²) in [5.41, 5.74) is -0.756. The van der Waals surface area contributed by atoms with E-state index in [1.807, 2.05) is 30.3 Å². The van der Waals surface area contributed by atoms with Gasteiger partial charge in [0.2, 0.25) is 0 Å². The summed E-state index contributed by atoms with van der Waals surface area (Å²) in [4.78, 5) is 37.8. The number of methoxy groups -OCH3 is 2. The second kappa shape index (κ2) is 6.52. The van der Waals surface area contributed by atoms with Crippen molar-refractivity contribution >= 4 is 17.7 Å². The number of carbonyl (C=O) groups is 3. The van der Waals surface area contributed by atoms with Gasteiger partial charge in [0, 0.05) is 18.3 Å². The maximum absolute atomic E-state index is 12.7. The molecule has 0 bridgehead atoms. The summed E-state index contributed by atoms with van der Waals surface area (Å²) in [6.45, 7) is 3.49. The maximum Gasteiger partial charge on any atom is 0.324 e. The van der Waals surface area contributed by atoms with E-state index in [2.05, 4.69) is 0 Å². The molecule has 2 rings (SSSR count). The van der Waals surface area contributed by atoms with Crippen LogP contribution in [-0.4, -0.2) is 31.9 Å². The number of rotatable bonds is 3. The number of carbonyl (C=O) groups excluding carboxylic acids is 3. The minimum Gasteiger partial charge on any atom is -0.468 e. The van der Waals surface area contributed by atoms with Gasteiger partial charge in [-0.2, -0.15) is 0 Å². The Morgan fingerprint density at radius 1 is 1.04 bits per heavy atom. The van der Waals surface area contributed by atoms with Crippen LogP contribution in [0.1, 0.15) is 31.7 Å². The zero-order valence-corrected chi connectivity index (χ0v) is 13.9. The molecule has 124 valence electrons. The van der Waals surface area contributed by atoms with Gasteiger partial charge in [-0.3, -0.25) is 14.4 Å². The monoisotopic (exact) mass is 318 g/mol. The average Bonchev–Trinajstić information content (AvgIpc) is 2.59. The predicted molar refractivity (Wildman–Crippen MR) is 83.6 cm³/mol. The van der Waals surface area contributed by atoms with Crippen LogP contribution in [-0.2, 0) is 23.9 Å². The molecule has 0 N–H and O–H groups in total. The van der Waals surface area contributed by atoms with Gasteiger partial charge in [0.15, 0.2) is 5.41 Å². The lowest BCUT2D eigenvalue weighted by molar-refractivity contribution is -0.181. The fourth-order valence-electron chi connectivity index (χ4n) is 3.68. The molecule has 0 amide bonds. The highest BCUT2D eigenvalue weighted by molar-refractivity contribution is 6.04.